The number of hydrogen-bond donors (Lipinski definition) is 2. The summed E-state index contributed by atoms with van der Waals surface area (Å²) in [6.07, 6.45) is 11.4. The molecular formula is C24H34Cl4N2. The molecule has 0 heterocycles. The third-order valence-electron chi connectivity index (χ3n) is 4.97. The van der Waals surface area contributed by atoms with Gasteiger partial charge in [-0.2, -0.15) is 0 Å². The second-order valence-corrected chi connectivity index (χ2v) is 8.07. The average molecular weight is 492 g/mol. The summed E-state index contributed by atoms with van der Waals surface area (Å²) < 4.78 is 0. The zero-order valence-corrected chi connectivity index (χ0v) is 20.8. The van der Waals surface area contributed by atoms with Gasteiger partial charge in [-0.05, 0) is 25.0 Å². The molecule has 0 bridgehead atoms. The Labute approximate surface area is 204 Å². The lowest BCUT2D eigenvalue weighted by molar-refractivity contribution is -0.805. The molecule has 0 saturated carbocycles. The number of halogens is 4. The fraction of sp³-hybridized carbons (Fsp3) is 0.417. The van der Waals surface area contributed by atoms with Gasteiger partial charge in [0.25, 0.3) is 5.82 Å². The lowest BCUT2D eigenvalue weighted by Crippen LogP contribution is -3.01. The van der Waals surface area contributed by atoms with E-state index in [1.54, 1.807) is 0 Å². The maximum absolute atomic E-state index is 6.32. The van der Waals surface area contributed by atoms with E-state index in [1.807, 2.05) is 36.4 Å². The summed E-state index contributed by atoms with van der Waals surface area (Å²) in [5.74, 6) is 1.29. The number of quaternary nitrogens is 2. The van der Waals surface area contributed by atoms with E-state index in [0.717, 1.165) is 29.6 Å². The van der Waals surface area contributed by atoms with E-state index in [9.17, 15) is 0 Å². The second-order valence-electron chi connectivity index (χ2n) is 7.26. The van der Waals surface area contributed by atoms with Crippen LogP contribution in [0.3, 0.4) is 0 Å². The molecule has 0 radical (unpaired) electrons. The molecule has 0 amide bonds. The summed E-state index contributed by atoms with van der Waals surface area (Å²) in [5.41, 5.74) is 2.33. The van der Waals surface area contributed by atoms with Crippen molar-refractivity contribution in [2.24, 2.45) is 0 Å². The predicted octanol–water partition coefficient (Wildman–Crippen LogP) is -0.580. The Morgan fingerprint density at radius 3 is 1.70 bits per heavy atom. The molecule has 0 aliphatic rings. The van der Waals surface area contributed by atoms with Crippen molar-refractivity contribution in [2.75, 3.05) is 0 Å². The van der Waals surface area contributed by atoms with Crippen LogP contribution in [-0.2, 0) is 13.1 Å². The zero-order valence-electron chi connectivity index (χ0n) is 17.7. The first kappa shape index (κ1) is 29.3. The van der Waals surface area contributed by atoms with Crippen LogP contribution in [0.1, 0.15) is 63.0 Å². The molecule has 30 heavy (non-hydrogen) atoms. The quantitative estimate of drug-likeness (QED) is 0.351. The number of unbranched alkanes of at least 4 members (excludes halogenated alkanes) is 6. The molecule has 0 aliphatic carbocycles. The fourth-order valence-corrected chi connectivity index (χ4v) is 3.65. The maximum atomic E-state index is 6.32. The standard InChI is InChI=1S/C24H32Cl2N2.2ClH/c1-2-3-4-5-6-7-8-17-24(27-18-20-13-9-11-15-22(20)25)28-19-21-14-10-12-16-23(21)26;;/h9-17,27-28H,2-8,18-19H2,1H3;2*1H. The molecule has 0 aromatic heterocycles. The van der Waals surface area contributed by atoms with Crippen molar-refractivity contribution in [3.05, 3.63) is 81.6 Å². The first-order valence-corrected chi connectivity index (χ1v) is 11.3. The van der Waals surface area contributed by atoms with Crippen LogP contribution in [0, 0.1) is 0 Å². The number of allylic oxidation sites excluding steroid dienone is 1. The highest BCUT2D eigenvalue weighted by Gasteiger charge is 2.10. The van der Waals surface area contributed by atoms with Crippen molar-refractivity contribution in [1.82, 2.24) is 0 Å². The lowest BCUT2D eigenvalue weighted by atomic mass is 10.1. The molecule has 0 atom stereocenters. The van der Waals surface area contributed by atoms with Gasteiger partial charge < -0.3 is 24.8 Å². The SMILES string of the molecule is CCCCCCCCC=C([NH2+]Cc1ccccc1Cl)[NH2+]Cc1ccccc1Cl.[Cl-].[Cl-]. The van der Waals surface area contributed by atoms with E-state index in [1.165, 1.54) is 55.5 Å². The number of hydrogen-bond acceptors (Lipinski definition) is 0. The van der Waals surface area contributed by atoms with Crippen LogP contribution in [0.4, 0.5) is 0 Å². The Morgan fingerprint density at radius 2 is 1.20 bits per heavy atom. The van der Waals surface area contributed by atoms with E-state index in [-0.39, 0.29) is 24.8 Å². The summed E-state index contributed by atoms with van der Waals surface area (Å²) in [4.78, 5) is 0. The third-order valence-corrected chi connectivity index (χ3v) is 5.71. The van der Waals surface area contributed by atoms with E-state index in [2.05, 4.69) is 35.8 Å². The second kappa shape index (κ2) is 17.9. The smallest absolute Gasteiger partial charge is 0.284 e. The summed E-state index contributed by atoms with van der Waals surface area (Å²) in [7, 11) is 0. The van der Waals surface area contributed by atoms with Gasteiger partial charge in [-0.1, -0.05) is 98.6 Å². The van der Waals surface area contributed by atoms with Gasteiger partial charge in [-0.25, -0.2) is 0 Å². The molecule has 0 unspecified atom stereocenters. The van der Waals surface area contributed by atoms with Crippen molar-refractivity contribution < 1.29 is 35.4 Å². The first-order chi connectivity index (χ1) is 13.7. The van der Waals surface area contributed by atoms with Crippen LogP contribution < -0.4 is 35.4 Å². The summed E-state index contributed by atoms with van der Waals surface area (Å²) in [6.45, 7) is 3.96. The molecule has 2 aromatic rings. The van der Waals surface area contributed by atoms with Gasteiger partial charge in [0.05, 0.1) is 0 Å². The zero-order chi connectivity index (χ0) is 20.0. The average Bonchev–Trinajstić information content (AvgIpc) is 2.71. The Balaban J connectivity index is 0.00000420. The number of nitrogens with two attached hydrogens (primary N) is 2. The highest BCUT2D eigenvalue weighted by Crippen LogP contribution is 2.14. The summed E-state index contributed by atoms with van der Waals surface area (Å²) in [5, 5.41) is 6.24. The molecule has 0 aliphatic heterocycles. The van der Waals surface area contributed by atoms with Gasteiger partial charge in [0.1, 0.15) is 13.1 Å². The van der Waals surface area contributed by atoms with Crippen molar-refractivity contribution in [2.45, 2.75) is 65.0 Å². The molecule has 168 valence electrons. The van der Waals surface area contributed by atoms with Gasteiger partial charge >= 0.3 is 0 Å². The highest BCUT2D eigenvalue weighted by atomic mass is 35.5. The molecule has 0 spiro atoms. The van der Waals surface area contributed by atoms with Crippen molar-refractivity contribution in [3.8, 4) is 0 Å². The van der Waals surface area contributed by atoms with Crippen LogP contribution in [0.2, 0.25) is 10.0 Å². The van der Waals surface area contributed by atoms with Crippen LogP contribution in [0.15, 0.2) is 60.4 Å². The van der Waals surface area contributed by atoms with Crippen molar-refractivity contribution >= 4 is 23.2 Å². The molecular weight excluding hydrogens is 458 g/mol. The number of rotatable bonds is 13. The molecule has 6 heteroatoms. The molecule has 0 saturated heterocycles. The van der Waals surface area contributed by atoms with Crippen LogP contribution in [0.5, 0.6) is 0 Å². The minimum Gasteiger partial charge on any atom is -1.00 e. The highest BCUT2D eigenvalue weighted by molar-refractivity contribution is 6.31. The van der Waals surface area contributed by atoms with Crippen LogP contribution in [0.25, 0.3) is 0 Å². The number of benzene rings is 2. The molecule has 2 nitrogen and oxygen atoms in total. The Hall–Kier alpha value is -0.740. The fourth-order valence-electron chi connectivity index (χ4n) is 3.23. The van der Waals surface area contributed by atoms with Gasteiger partial charge in [-0.15, -0.1) is 0 Å². The van der Waals surface area contributed by atoms with Gasteiger partial charge in [-0.3, -0.25) is 10.6 Å². The maximum Gasteiger partial charge on any atom is 0.284 e. The van der Waals surface area contributed by atoms with Gasteiger partial charge in [0, 0.05) is 27.2 Å². The Bertz CT molecular complexity index is 683. The van der Waals surface area contributed by atoms with E-state index >= 15 is 0 Å². The van der Waals surface area contributed by atoms with E-state index in [4.69, 9.17) is 23.2 Å². The predicted molar refractivity (Wildman–Crippen MR) is 120 cm³/mol. The minimum absolute atomic E-state index is 0. The topological polar surface area (TPSA) is 33.2 Å². The van der Waals surface area contributed by atoms with E-state index < -0.39 is 0 Å². The van der Waals surface area contributed by atoms with Gasteiger partial charge in [0.15, 0.2) is 0 Å². The normalized spacial score (nSPS) is 10.1. The summed E-state index contributed by atoms with van der Waals surface area (Å²) in [6, 6.07) is 16.1. The first-order valence-electron chi connectivity index (χ1n) is 10.5. The van der Waals surface area contributed by atoms with Crippen molar-refractivity contribution in [1.29, 1.82) is 0 Å². The monoisotopic (exact) mass is 490 g/mol. The van der Waals surface area contributed by atoms with E-state index in [0.29, 0.717) is 0 Å². The largest absolute Gasteiger partial charge is 1.00 e. The third kappa shape index (κ3) is 11.6. The molecule has 4 N–H and O–H groups in total. The lowest BCUT2D eigenvalue weighted by Gasteiger charge is -2.07. The minimum atomic E-state index is 0. The molecule has 2 rings (SSSR count). The summed E-state index contributed by atoms with van der Waals surface area (Å²) >= 11 is 12.6. The Kier molecular flexibility index (Phi) is 17.5. The molecule has 0 fully saturated rings. The van der Waals surface area contributed by atoms with Gasteiger partial charge in [0.2, 0.25) is 0 Å². The molecule has 2 aromatic carbocycles. The van der Waals surface area contributed by atoms with Crippen LogP contribution >= 0.6 is 23.2 Å². The Morgan fingerprint density at radius 1 is 0.733 bits per heavy atom. The van der Waals surface area contributed by atoms with Crippen LogP contribution in [-0.4, -0.2) is 0 Å². The van der Waals surface area contributed by atoms with Crippen molar-refractivity contribution in [3.63, 3.8) is 0 Å².